The Balaban J connectivity index is 2.72. The van der Waals surface area contributed by atoms with E-state index in [0.29, 0.717) is 5.57 Å². The summed E-state index contributed by atoms with van der Waals surface area (Å²) in [5.41, 5.74) is 3.99. The molecule has 0 bridgehead atoms. The van der Waals surface area contributed by atoms with Crippen LogP contribution < -0.4 is 0 Å². The van der Waals surface area contributed by atoms with Gasteiger partial charge in [0.15, 0.2) is 0 Å². The highest BCUT2D eigenvalue weighted by Gasteiger charge is 2.01. The number of hydrogen-bond donors (Lipinski definition) is 1. The Labute approximate surface area is 119 Å². The van der Waals surface area contributed by atoms with E-state index in [1.54, 1.807) is 19.3 Å². The molecule has 1 N–H and O–H groups in total. The quantitative estimate of drug-likeness (QED) is 0.636. The smallest absolute Gasteiger partial charge is 0.328 e. The summed E-state index contributed by atoms with van der Waals surface area (Å²) in [6.07, 6.45) is 12.5. The molecule has 0 aliphatic carbocycles. The third-order valence-corrected chi connectivity index (χ3v) is 2.80. The number of allylic oxidation sites excluding steroid dienone is 6. The molecule has 0 saturated carbocycles. The molecule has 3 nitrogen and oxygen atoms in total. The van der Waals surface area contributed by atoms with Crippen LogP contribution in [0.25, 0.3) is 6.08 Å². The minimum atomic E-state index is -0.932. The molecule has 0 atom stereocenters. The molecule has 0 aliphatic rings. The summed E-state index contributed by atoms with van der Waals surface area (Å²) in [7, 11) is 0. The molecular weight excluding hydrogens is 252 g/mol. The first-order valence-electron chi connectivity index (χ1n) is 6.39. The summed E-state index contributed by atoms with van der Waals surface area (Å²) in [6, 6.07) is 0. The lowest BCUT2D eigenvalue weighted by molar-refractivity contribution is -0.131. The van der Waals surface area contributed by atoms with Crippen molar-refractivity contribution in [2.24, 2.45) is 0 Å². The van der Waals surface area contributed by atoms with E-state index in [2.05, 4.69) is 0 Å². The average molecular weight is 272 g/mol. The van der Waals surface area contributed by atoms with Crippen LogP contribution in [0.15, 0.2) is 52.2 Å². The van der Waals surface area contributed by atoms with Gasteiger partial charge in [0.25, 0.3) is 0 Å². The molecule has 0 aromatic carbocycles. The highest BCUT2D eigenvalue weighted by Crippen LogP contribution is 2.17. The first kappa shape index (κ1) is 15.8. The molecule has 3 heteroatoms. The Morgan fingerprint density at radius 3 is 2.45 bits per heavy atom. The predicted molar refractivity (Wildman–Crippen MR) is 81.5 cm³/mol. The third kappa shape index (κ3) is 5.14. The lowest BCUT2D eigenvalue weighted by atomic mass is 10.1. The fourth-order valence-electron chi connectivity index (χ4n) is 1.70. The van der Waals surface area contributed by atoms with Crippen LogP contribution in [0.4, 0.5) is 0 Å². The molecule has 0 fully saturated rings. The number of carboxylic acid groups (broad SMARTS) is 1. The van der Waals surface area contributed by atoms with Crippen molar-refractivity contribution >= 4 is 12.0 Å². The van der Waals surface area contributed by atoms with Gasteiger partial charge in [-0.05, 0) is 38.8 Å². The zero-order chi connectivity index (χ0) is 15.1. The predicted octanol–water partition coefficient (Wildman–Crippen LogP) is 4.44. The minimum Gasteiger partial charge on any atom is -0.478 e. The van der Waals surface area contributed by atoms with E-state index in [4.69, 9.17) is 9.52 Å². The Hall–Kier alpha value is -2.29. The summed E-state index contributed by atoms with van der Waals surface area (Å²) in [5.74, 6) is -0.0269. The van der Waals surface area contributed by atoms with E-state index in [0.717, 1.165) is 22.5 Å². The van der Waals surface area contributed by atoms with Gasteiger partial charge in [-0.15, -0.1) is 0 Å². The van der Waals surface area contributed by atoms with Gasteiger partial charge < -0.3 is 9.52 Å². The normalized spacial score (nSPS) is 13.6. The first-order valence-corrected chi connectivity index (χ1v) is 6.39. The number of carboxylic acids is 1. The van der Waals surface area contributed by atoms with E-state index in [-0.39, 0.29) is 0 Å². The monoisotopic (exact) mass is 272 g/mol. The van der Waals surface area contributed by atoms with Gasteiger partial charge in [-0.2, -0.15) is 0 Å². The van der Waals surface area contributed by atoms with Crippen LogP contribution in [0, 0.1) is 13.8 Å². The van der Waals surface area contributed by atoms with Gasteiger partial charge >= 0.3 is 5.97 Å². The van der Waals surface area contributed by atoms with Crippen LogP contribution in [-0.4, -0.2) is 11.1 Å². The van der Waals surface area contributed by atoms with Gasteiger partial charge in [-0.1, -0.05) is 36.0 Å². The number of carbonyl (C=O) groups is 1. The lowest BCUT2D eigenvalue weighted by Crippen LogP contribution is -1.87. The fourth-order valence-corrected chi connectivity index (χ4v) is 1.70. The van der Waals surface area contributed by atoms with Crippen molar-refractivity contribution in [1.82, 2.24) is 0 Å². The van der Waals surface area contributed by atoms with E-state index in [9.17, 15) is 4.79 Å². The van der Waals surface area contributed by atoms with Crippen molar-refractivity contribution in [3.8, 4) is 0 Å². The Morgan fingerprint density at radius 1 is 1.20 bits per heavy atom. The van der Waals surface area contributed by atoms with E-state index in [1.165, 1.54) is 6.08 Å². The average Bonchev–Trinajstić information content (AvgIpc) is 2.65. The van der Waals surface area contributed by atoms with Crippen molar-refractivity contribution in [2.45, 2.75) is 27.7 Å². The first-order chi connectivity index (χ1) is 9.40. The Morgan fingerprint density at radius 2 is 1.90 bits per heavy atom. The Bertz CT molecular complexity index is 576. The molecule has 0 saturated heterocycles. The number of aliphatic carboxylic acids is 1. The number of aryl methyl sites for hydroxylation is 2. The van der Waals surface area contributed by atoms with E-state index >= 15 is 0 Å². The minimum absolute atomic E-state index is 0.701. The SMILES string of the molecule is CC(/C=C/c1c(C)coc1C)=C\C=C\C(C)=C\C(=O)O. The maximum atomic E-state index is 10.5. The molecule has 0 aliphatic heterocycles. The molecule has 0 unspecified atom stereocenters. The topological polar surface area (TPSA) is 50.4 Å². The van der Waals surface area contributed by atoms with Crippen molar-refractivity contribution in [1.29, 1.82) is 0 Å². The van der Waals surface area contributed by atoms with Crippen LogP contribution >= 0.6 is 0 Å². The summed E-state index contributed by atoms with van der Waals surface area (Å²) in [6.45, 7) is 7.69. The van der Waals surface area contributed by atoms with Gasteiger partial charge in [0.1, 0.15) is 5.76 Å². The van der Waals surface area contributed by atoms with Crippen LogP contribution in [0.3, 0.4) is 0 Å². The molecular formula is C17H20O3. The second-order valence-electron chi connectivity index (χ2n) is 4.72. The summed E-state index contributed by atoms with van der Waals surface area (Å²) in [4.78, 5) is 10.5. The standard InChI is InChI=1S/C17H20O3/c1-12(6-5-7-13(2)10-17(18)19)8-9-16-14(3)11-20-15(16)4/h5-11H,1-4H3,(H,18,19)/b7-5+,9-8+,12-6+,13-10+. The van der Waals surface area contributed by atoms with Gasteiger partial charge in [0, 0.05) is 11.6 Å². The summed E-state index contributed by atoms with van der Waals surface area (Å²) < 4.78 is 5.33. The maximum Gasteiger partial charge on any atom is 0.328 e. The van der Waals surface area contributed by atoms with Crippen LogP contribution in [0.1, 0.15) is 30.7 Å². The van der Waals surface area contributed by atoms with Crippen LogP contribution in [-0.2, 0) is 4.79 Å². The zero-order valence-electron chi connectivity index (χ0n) is 12.3. The van der Waals surface area contributed by atoms with Gasteiger partial charge in [0.2, 0.25) is 0 Å². The second-order valence-corrected chi connectivity index (χ2v) is 4.72. The summed E-state index contributed by atoms with van der Waals surface area (Å²) in [5, 5.41) is 8.59. The molecule has 0 radical (unpaired) electrons. The zero-order valence-corrected chi connectivity index (χ0v) is 12.3. The van der Waals surface area contributed by atoms with Crippen LogP contribution in [0.2, 0.25) is 0 Å². The van der Waals surface area contributed by atoms with E-state index in [1.807, 2.05) is 45.1 Å². The number of hydrogen-bond acceptors (Lipinski definition) is 2. The molecule has 1 heterocycles. The summed E-state index contributed by atoms with van der Waals surface area (Å²) >= 11 is 0. The number of rotatable bonds is 5. The third-order valence-electron chi connectivity index (χ3n) is 2.80. The highest BCUT2D eigenvalue weighted by molar-refractivity contribution is 5.81. The molecule has 0 spiro atoms. The van der Waals surface area contributed by atoms with Gasteiger partial charge in [0.05, 0.1) is 6.26 Å². The number of furan rings is 1. The molecule has 1 rings (SSSR count). The second kappa shape index (κ2) is 7.34. The molecule has 1 aromatic rings. The van der Waals surface area contributed by atoms with Gasteiger partial charge in [-0.3, -0.25) is 0 Å². The Kier molecular flexibility index (Phi) is 5.78. The van der Waals surface area contributed by atoms with E-state index < -0.39 is 5.97 Å². The largest absolute Gasteiger partial charge is 0.478 e. The van der Waals surface area contributed by atoms with Crippen molar-refractivity contribution in [2.75, 3.05) is 0 Å². The van der Waals surface area contributed by atoms with Crippen molar-refractivity contribution in [3.63, 3.8) is 0 Å². The lowest BCUT2D eigenvalue weighted by Gasteiger charge is -1.93. The molecule has 0 amide bonds. The highest BCUT2D eigenvalue weighted by atomic mass is 16.4. The fraction of sp³-hybridized carbons (Fsp3) is 0.235. The molecule has 106 valence electrons. The van der Waals surface area contributed by atoms with Crippen molar-refractivity contribution in [3.05, 3.63) is 64.7 Å². The van der Waals surface area contributed by atoms with Crippen molar-refractivity contribution < 1.29 is 14.3 Å². The molecule has 1 aromatic heterocycles. The van der Waals surface area contributed by atoms with Crippen LogP contribution in [0.5, 0.6) is 0 Å². The molecule has 20 heavy (non-hydrogen) atoms. The van der Waals surface area contributed by atoms with Gasteiger partial charge in [-0.25, -0.2) is 4.79 Å². The maximum absolute atomic E-state index is 10.5.